The van der Waals surface area contributed by atoms with Gasteiger partial charge in [-0.1, -0.05) is 18.2 Å². The average Bonchev–Trinajstić information content (AvgIpc) is 1.96. The minimum atomic E-state index is -4.44. The molecule has 0 unspecified atom stereocenters. The van der Waals surface area contributed by atoms with Gasteiger partial charge in [-0.2, -0.15) is 26.3 Å². The highest BCUT2D eigenvalue weighted by Crippen LogP contribution is 2.24. The molecule has 1 aromatic carbocycles. The van der Waals surface area contributed by atoms with Crippen LogP contribution in [0.4, 0.5) is 26.3 Å². The second-order valence-corrected chi connectivity index (χ2v) is 3.29. The molecule has 0 aliphatic rings. The Balaban J connectivity index is 2.79. The molecule has 0 fully saturated rings. The van der Waals surface area contributed by atoms with Crippen LogP contribution in [0.15, 0.2) is 18.2 Å². The van der Waals surface area contributed by atoms with Gasteiger partial charge in [0.1, 0.15) is 0 Å². The lowest BCUT2D eigenvalue weighted by Crippen LogP contribution is -2.14. The van der Waals surface area contributed by atoms with Crippen molar-refractivity contribution in [3.63, 3.8) is 0 Å². The Labute approximate surface area is 87.9 Å². The average molecular weight is 241 g/mol. The SMILES string of the molecule is FC(F)(F)Cc1[c]c(CC(F)(F)F)ccc1. The van der Waals surface area contributed by atoms with Gasteiger partial charge in [-0.25, -0.2) is 0 Å². The molecule has 0 bridgehead atoms. The summed E-state index contributed by atoms with van der Waals surface area (Å²) < 4.78 is 71.8. The van der Waals surface area contributed by atoms with Crippen LogP contribution in [0.5, 0.6) is 0 Å². The Morgan fingerprint density at radius 3 is 1.50 bits per heavy atom. The number of benzene rings is 1. The molecule has 0 nitrogen and oxygen atoms in total. The van der Waals surface area contributed by atoms with Crippen molar-refractivity contribution in [2.45, 2.75) is 25.2 Å². The Kier molecular flexibility index (Phi) is 3.50. The molecule has 0 saturated heterocycles. The number of halogens is 6. The zero-order valence-electron chi connectivity index (χ0n) is 7.91. The van der Waals surface area contributed by atoms with Gasteiger partial charge in [0.2, 0.25) is 0 Å². The van der Waals surface area contributed by atoms with Crippen molar-refractivity contribution in [3.05, 3.63) is 35.4 Å². The summed E-state index contributed by atoms with van der Waals surface area (Å²) in [5.41, 5.74) is -0.566. The largest absolute Gasteiger partial charge is 0.393 e. The molecule has 0 heterocycles. The van der Waals surface area contributed by atoms with Gasteiger partial charge in [0.25, 0.3) is 0 Å². The van der Waals surface area contributed by atoms with Gasteiger partial charge in [0.15, 0.2) is 0 Å². The third-order valence-electron chi connectivity index (χ3n) is 1.70. The lowest BCUT2D eigenvalue weighted by molar-refractivity contribution is -0.127. The van der Waals surface area contributed by atoms with Gasteiger partial charge < -0.3 is 0 Å². The molecule has 0 spiro atoms. The summed E-state index contributed by atoms with van der Waals surface area (Å²) in [5.74, 6) is 0. The van der Waals surface area contributed by atoms with Crippen molar-refractivity contribution in [1.29, 1.82) is 0 Å². The van der Waals surface area contributed by atoms with Crippen molar-refractivity contribution in [2.75, 3.05) is 0 Å². The first-order valence-electron chi connectivity index (χ1n) is 4.29. The first kappa shape index (κ1) is 12.9. The predicted octanol–water partition coefficient (Wildman–Crippen LogP) is 3.70. The van der Waals surface area contributed by atoms with E-state index in [1.54, 1.807) is 0 Å². The van der Waals surface area contributed by atoms with E-state index in [1.807, 2.05) is 0 Å². The van der Waals surface area contributed by atoms with Crippen LogP contribution in [0.3, 0.4) is 0 Å². The normalized spacial score (nSPS) is 12.9. The minimum Gasteiger partial charge on any atom is -0.171 e. The van der Waals surface area contributed by atoms with Crippen molar-refractivity contribution in [3.8, 4) is 0 Å². The van der Waals surface area contributed by atoms with Crippen LogP contribution < -0.4 is 0 Å². The predicted molar refractivity (Wildman–Crippen MR) is 44.8 cm³/mol. The smallest absolute Gasteiger partial charge is 0.171 e. The third kappa shape index (κ3) is 5.04. The van der Waals surface area contributed by atoms with E-state index in [0.717, 1.165) is 12.1 Å². The number of hydrogen-bond acceptors (Lipinski definition) is 0. The molecule has 16 heavy (non-hydrogen) atoms. The van der Waals surface area contributed by atoms with Gasteiger partial charge in [-0.3, -0.25) is 0 Å². The summed E-state index contributed by atoms with van der Waals surface area (Å²) in [4.78, 5) is 0. The Morgan fingerprint density at radius 2 is 1.19 bits per heavy atom. The zero-order valence-corrected chi connectivity index (χ0v) is 7.91. The van der Waals surface area contributed by atoms with Gasteiger partial charge >= 0.3 is 12.4 Å². The van der Waals surface area contributed by atoms with Crippen LogP contribution in [-0.4, -0.2) is 12.4 Å². The zero-order chi connectivity index (χ0) is 12.4. The first-order valence-corrected chi connectivity index (χ1v) is 4.29. The Bertz CT molecular complexity index is 318. The number of hydrogen-bond donors (Lipinski definition) is 0. The molecule has 6 heteroatoms. The van der Waals surface area contributed by atoms with Gasteiger partial charge in [0.05, 0.1) is 12.8 Å². The molecular weight excluding hydrogens is 234 g/mol. The van der Waals surface area contributed by atoms with Crippen molar-refractivity contribution < 1.29 is 26.3 Å². The maximum Gasteiger partial charge on any atom is 0.393 e. The fraction of sp³-hybridized carbons (Fsp3) is 0.400. The second-order valence-electron chi connectivity index (χ2n) is 3.29. The molecule has 0 aliphatic carbocycles. The van der Waals surface area contributed by atoms with Crippen molar-refractivity contribution in [2.24, 2.45) is 0 Å². The highest BCUT2D eigenvalue weighted by molar-refractivity contribution is 5.23. The summed E-state index contributed by atoms with van der Waals surface area (Å²) in [6.07, 6.45) is -11.4. The standard InChI is InChI=1S/C10H7F6/c11-9(12,13)5-7-2-1-3-8(4-7)6-10(14,15)16/h1-3H,5-6H2. The van der Waals surface area contributed by atoms with Crippen LogP contribution in [-0.2, 0) is 12.8 Å². The lowest BCUT2D eigenvalue weighted by atomic mass is 10.1. The molecule has 0 aromatic heterocycles. The molecule has 0 aliphatic heterocycles. The van der Waals surface area contributed by atoms with E-state index in [2.05, 4.69) is 6.07 Å². The van der Waals surface area contributed by atoms with Crippen LogP contribution >= 0.6 is 0 Å². The molecular formula is C10H7F6. The summed E-state index contributed by atoms with van der Waals surface area (Å²) in [6, 6.07) is 5.49. The van der Waals surface area contributed by atoms with E-state index in [4.69, 9.17) is 0 Å². The monoisotopic (exact) mass is 241 g/mol. The molecule has 0 atom stereocenters. The summed E-state index contributed by atoms with van der Waals surface area (Å²) in [5, 5.41) is 0. The van der Waals surface area contributed by atoms with E-state index >= 15 is 0 Å². The molecule has 89 valence electrons. The molecule has 1 aromatic rings. The fourth-order valence-corrected chi connectivity index (χ4v) is 1.21. The summed E-state index contributed by atoms with van der Waals surface area (Å²) >= 11 is 0. The Morgan fingerprint density at radius 1 is 0.812 bits per heavy atom. The van der Waals surface area contributed by atoms with E-state index < -0.39 is 25.2 Å². The topological polar surface area (TPSA) is 0 Å². The lowest BCUT2D eigenvalue weighted by Gasteiger charge is -2.09. The van der Waals surface area contributed by atoms with Crippen LogP contribution in [0.2, 0.25) is 0 Å². The number of rotatable bonds is 2. The van der Waals surface area contributed by atoms with Gasteiger partial charge in [-0.05, 0) is 17.2 Å². The second kappa shape index (κ2) is 4.35. The molecule has 1 rings (SSSR count). The molecule has 1 radical (unpaired) electrons. The van der Waals surface area contributed by atoms with Crippen molar-refractivity contribution in [1.82, 2.24) is 0 Å². The maximum atomic E-state index is 12.0. The fourth-order valence-electron chi connectivity index (χ4n) is 1.21. The van der Waals surface area contributed by atoms with Gasteiger partial charge in [0, 0.05) is 0 Å². The van der Waals surface area contributed by atoms with Crippen LogP contribution in [0.25, 0.3) is 0 Å². The molecule has 0 N–H and O–H groups in total. The van der Waals surface area contributed by atoms with Crippen molar-refractivity contribution >= 4 is 0 Å². The summed E-state index contributed by atoms with van der Waals surface area (Å²) in [7, 11) is 0. The first-order chi connectivity index (χ1) is 7.16. The third-order valence-corrected chi connectivity index (χ3v) is 1.70. The Hall–Kier alpha value is -1.20. The van der Waals surface area contributed by atoms with E-state index in [1.165, 1.54) is 6.07 Å². The van der Waals surface area contributed by atoms with E-state index in [0.29, 0.717) is 0 Å². The van der Waals surface area contributed by atoms with Crippen LogP contribution in [0.1, 0.15) is 11.1 Å². The minimum absolute atomic E-state index is 0.283. The quantitative estimate of drug-likeness (QED) is 0.692. The highest BCUT2D eigenvalue weighted by Gasteiger charge is 2.30. The molecule has 0 amide bonds. The number of alkyl halides is 6. The maximum absolute atomic E-state index is 12.0. The van der Waals surface area contributed by atoms with Gasteiger partial charge in [-0.15, -0.1) is 0 Å². The van der Waals surface area contributed by atoms with E-state index in [-0.39, 0.29) is 11.1 Å². The molecule has 0 saturated carbocycles. The van der Waals surface area contributed by atoms with E-state index in [9.17, 15) is 26.3 Å². The highest BCUT2D eigenvalue weighted by atomic mass is 19.4. The van der Waals surface area contributed by atoms with Crippen LogP contribution in [0, 0.1) is 6.07 Å². The summed E-state index contributed by atoms with van der Waals surface area (Å²) in [6.45, 7) is 0.